The predicted molar refractivity (Wildman–Crippen MR) is 170 cm³/mol. The molecule has 4 aliphatic rings. The Kier molecular flexibility index (Phi) is 11.6. The number of aromatic amines is 1. The maximum absolute atomic E-state index is 11.9. The van der Waals surface area contributed by atoms with Crippen LogP contribution in [-0.4, -0.2) is 61.3 Å². The van der Waals surface area contributed by atoms with Crippen LogP contribution in [0.4, 0.5) is 9.59 Å². The van der Waals surface area contributed by atoms with Crippen LogP contribution in [-0.2, 0) is 9.47 Å². The Morgan fingerprint density at radius 1 is 0.822 bits per heavy atom. The molecule has 45 heavy (non-hydrogen) atoms. The van der Waals surface area contributed by atoms with E-state index in [2.05, 4.69) is 10.2 Å². The maximum atomic E-state index is 11.9. The standard InChI is InChI=1S/C17H26N2O3.C9H16O.C8H12N2O3/c1-17(2,3)22-16(20)19-10-8-15(18-19)21-11-9-14(12-4-5-12)13-6-7-13;10-6-5-9(7-1-2-7)8-3-4-8;1-8(2,3)13-7(12)10-5-4-6(11)9-10/h8,10,12-14H,4-7,9,11H2,1-3H3;7-10H,1-6H2;4-5H,1-3H3,(H,9,11). The first-order valence-electron chi connectivity index (χ1n) is 16.8. The van der Waals surface area contributed by atoms with Crippen LogP contribution in [0.3, 0.4) is 0 Å². The topological polar surface area (TPSA) is 138 Å². The molecule has 11 heteroatoms. The van der Waals surface area contributed by atoms with Crippen molar-refractivity contribution in [2.24, 2.45) is 35.5 Å². The molecular formula is C34H54N4O7. The molecule has 0 spiro atoms. The van der Waals surface area contributed by atoms with Gasteiger partial charge in [-0.1, -0.05) is 0 Å². The van der Waals surface area contributed by atoms with Crippen LogP contribution in [0.25, 0.3) is 0 Å². The average Bonchev–Trinajstić information content (AvgIpc) is 3.73. The number of nitrogens with zero attached hydrogens (tertiary/aromatic N) is 3. The first-order chi connectivity index (χ1) is 21.2. The van der Waals surface area contributed by atoms with E-state index in [-0.39, 0.29) is 5.56 Å². The number of carbonyl (C=O) groups is 2. The van der Waals surface area contributed by atoms with E-state index in [9.17, 15) is 14.4 Å². The number of aliphatic hydroxyl groups excluding tert-OH is 1. The molecule has 0 amide bonds. The van der Waals surface area contributed by atoms with Gasteiger partial charge >= 0.3 is 12.2 Å². The van der Waals surface area contributed by atoms with Crippen molar-refractivity contribution in [3.05, 3.63) is 34.9 Å². The Bertz CT molecular complexity index is 1260. The Balaban J connectivity index is 0.000000169. The van der Waals surface area contributed by atoms with E-state index in [0.29, 0.717) is 19.1 Å². The number of H-pyrrole nitrogens is 1. The first-order valence-corrected chi connectivity index (χ1v) is 16.8. The minimum absolute atomic E-state index is 0.328. The molecule has 0 saturated heterocycles. The molecule has 11 nitrogen and oxygen atoms in total. The molecule has 0 aromatic carbocycles. The molecule has 0 bridgehead atoms. The van der Waals surface area contributed by atoms with Gasteiger partial charge in [-0.3, -0.25) is 9.89 Å². The number of carbonyl (C=O) groups excluding carboxylic acids is 2. The van der Waals surface area contributed by atoms with Crippen LogP contribution in [0.2, 0.25) is 0 Å². The fourth-order valence-electron chi connectivity index (χ4n) is 5.81. The Hall–Kier alpha value is -3.08. The molecule has 0 radical (unpaired) electrons. The monoisotopic (exact) mass is 630 g/mol. The summed E-state index contributed by atoms with van der Waals surface area (Å²) in [5, 5.41) is 15.2. The zero-order valence-electron chi connectivity index (χ0n) is 28.0. The molecule has 2 heterocycles. The van der Waals surface area contributed by atoms with Crippen LogP contribution in [0.15, 0.2) is 29.3 Å². The summed E-state index contributed by atoms with van der Waals surface area (Å²) < 4.78 is 18.2. The molecule has 2 N–H and O–H groups in total. The third-order valence-corrected chi connectivity index (χ3v) is 8.41. The third kappa shape index (κ3) is 12.7. The highest BCUT2D eigenvalue weighted by molar-refractivity contribution is 5.70. The van der Waals surface area contributed by atoms with Gasteiger partial charge in [0, 0.05) is 31.1 Å². The lowest BCUT2D eigenvalue weighted by Gasteiger charge is -2.18. The largest absolute Gasteiger partial charge is 0.477 e. The molecule has 252 valence electrons. The molecule has 2 aromatic rings. The number of aromatic nitrogens is 4. The van der Waals surface area contributed by atoms with E-state index in [4.69, 9.17) is 19.3 Å². The second kappa shape index (κ2) is 15.0. The molecule has 4 aliphatic carbocycles. The number of hydrogen-bond acceptors (Lipinski definition) is 8. The van der Waals surface area contributed by atoms with E-state index >= 15 is 0 Å². The summed E-state index contributed by atoms with van der Waals surface area (Å²) in [4.78, 5) is 33.8. The number of hydrogen-bond donors (Lipinski definition) is 2. The first kappa shape index (κ1) is 34.8. The van der Waals surface area contributed by atoms with Gasteiger partial charge in [-0.2, -0.15) is 9.36 Å². The van der Waals surface area contributed by atoms with Gasteiger partial charge in [-0.25, -0.2) is 9.59 Å². The summed E-state index contributed by atoms with van der Waals surface area (Å²) in [6.45, 7) is 11.9. The fourth-order valence-corrected chi connectivity index (χ4v) is 5.81. The normalized spacial score (nSPS) is 18.1. The third-order valence-electron chi connectivity index (χ3n) is 8.41. The van der Waals surface area contributed by atoms with Gasteiger partial charge < -0.3 is 19.3 Å². The number of ether oxygens (including phenoxy) is 3. The summed E-state index contributed by atoms with van der Waals surface area (Å²) in [5.41, 5.74) is -1.41. The Labute approximate surface area is 267 Å². The van der Waals surface area contributed by atoms with Crippen molar-refractivity contribution in [3.63, 3.8) is 0 Å². The average molecular weight is 631 g/mol. The molecule has 0 aliphatic heterocycles. The quantitative estimate of drug-likeness (QED) is 0.298. The molecular weight excluding hydrogens is 576 g/mol. The molecule has 4 saturated carbocycles. The van der Waals surface area contributed by atoms with Gasteiger partial charge in [0.1, 0.15) is 11.2 Å². The zero-order chi connectivity index (χ0) is 32.8. The minimum atomic E-state index is -0.588. The molecule has 0 unspecified atom stereocenters. The number of rotatable bonds is 10. The van der Waals surface area contributed by atoms with Gasteiger partial charge in [0.2, 0.25) is 5.88 Å². The van der Waals surface area contributed by atoms with Crippen LogP contribution >= 0.6 is 0 Å². The molecule has 4 fully saturated rings. The molecule has 0 atom stereocenters. The van der Waals surface area contributed by atoms with E-state index in [1.807, 2.05) is 20.8 Å². The Morgan fingerprint density at radius 2 is 1.31 bits per heavy atom. The number of nitrogens with one attached hydrogen (secondary N) is 1. The van der Waals surface area contributed by atoms with Crippen molar-refractivity contribution >= 4 is 12.2 Å². The van der Waals surface area contributed by atoms with E-state index < -0.39 is 23.4 Å². The lowest BCUT2D eigenvalue weighted by molar-refractivity contribution is 0.0502. The van der Waals surface area contributed by atoms with E-state index in [1.54, 1.807) is 33.0 Å². The summed E-state index contributed by atoms with van der Waals surface area (Å²) in [6, 6.07) is 2.97. The maximum Gasteiger partial charge on any atom is 0.435 e. The smallest absolute Gasteiger partial charge is 0.435 e. The summed E-state index contributed by atoms with van der Waals surface area (Å²) in [5.74, 6) is 6.15. The lowest BCUT2D eigenvalue weighted by atomic mass is 9.95. The highest BCUT2D eigenvalue weighted by Gasteiger charge is 2.41. The second-order valence-corrected chi connectivity index (χ2v) is 15.0. The van der Waals surface area contributed by atoms with Crippen molar-refractivity contribution in [1.29, 1.82) is 0 Å². The summed E-state index contributed by atoms with van der Waals surface area (Å²) >= 11 is 0. The summed E-state index contributed by atoms with van der Waals surface area (Å²) in [7, 11) is 0. The van der Waals surface area contributed by atoms with Crippen LogP contribution in [0.1, 0.15) is 106 Å². The zero-order valence-corrected chi connectivity index (χ0v) is 28.0. The van der Waals surface area contributed by atoms with Crippen molar-refractivity contribution in [1.82, 2.24) is 19.6 Å². The lowest BCUT2D eigenvalue weighted by Crippen LogP contribution is -2.28. The van der Waals surface area contributed by atoms with Crippen molar-refractivity contribution in [2.75, 3.05) is 13.2 Å². The predicted octanol–water partition coefficient (Wildman–Crippen LogP) is 6.64. The minimum Gasteiger partial charge on any atom is -0.477 e. The van der Waals surface area contributed by atoms with Crippen molar-refractivity contribution in [2.45, 2.75) is 117 Å². The number of aliphatic hydroxyl groups is 1. The van der Waals surface area contributed by atoms with E-state index in [0.717, 1.165) is 53.0 Å². The SMILES string of the molecule is CC(C)(C)OC(=O)n1ccc(=O)[nH]1.CC(C)(C)OC(=O)n1ccc(OCCC(C2CC2)C2CC2)n1.OCCC(C1CC1)C1CC1. The van der Waals surface area contributed by atoms with E-state index in [1.165, 1.54) is 68.3 Å². The highest BCUT2D eigenvalue weighted by Crippen LogP contribution is 2.51. The van der Waals surface area contributed by atoms with Crippen LogP contribution < -0.4 is 10.3 Å². The van der Waals surface area contributed by atoms with Crippen molar-refractivity contribution < 1.29 is 28.9 Å². The van der Waals surface area contributed by atoms with Gasteiger partial charge in [-0.15, -0.1) is 5.10 Å². The van der Waals surface area contributed by atoms with Crippen LogP contribution in [0.5, 0.6) is 5.88 Å². The molecule has 2 aromatic heterocycles. The van der Waals surface area contributed by atoms with Gasteiger partial charge in [0.25, 0.3) is 5.56 Å². The fraction of sp³-hybridized carbons (Fsp3) is 0.765. The van der Waals surface area contributed by atoms with Gasteiger partial charge in [0.05, 0.1) is 6.61 Å². The van der Waals surface area contributed by atoms with Gasteiger partial charge in [-0.05, 0) is 141 Å². The molecule has 6 rings (SSSR count). The van der Waals surface area contributed by atoms with Gasteiger partial charge in [0.15, 0.2) is 0 Å². The van der Waals surface area contributed by atoms with Crippen molar-refractivity contribution in [3.8, 4) is 5.88 Å². The second-order valence-electron chi connectivity index (χ2n) is 15.0. The Morgan fingerprint density at radius 3 is 1.73 bits per heavy atom. The highest BCUT2D eigenvalue weighted by atomic mass is 16.6. The van der Waals surface area contributed by atoms with Crippen LogP contribution in [0, 0.1) is 35.5 Å². The summed E-state index contributed by atoms with van der Waals surface area (Å²) in [6.07, 6.45) is 15.4.